The number of para-hydroxylation sites is 1. The lowest BCUT2D eigenvalue weighted by atomic mass is 10.2. The maximum Gasteiger partial charge on any atom is 0.195 e. The molecular weight excluding hydrogens is 214 g/mol. The van der Waals surface area contributed by atoms with Crippen molar-refractivity contribution in [2.75, 3.05) is 6.61 Å². The first kappa shape index (κ1) is 10.2. The third-order valence-corrected chi connectivity index (χ3v) is 2.23. The molecule has 1 unspecified atom stereocenters. The number of aromatic nitrogens is 1. The Kier molecular flexibility index (Phi) is 3.04. The van der Waals surface area contributed by atoms with E-state index < -0.39 is 5.56 Å². The number of aliphatic hydroxyl groups is 1. The van der Waals surface area contributed by atoms with Gasteiger partial charge in [-0.1, -0.05) is 23.7 Å². The molecule has 1 aromatic heterocycles. The van der Waals surface area contributed by atoms with E-state index in [9.17, 15) is 0 Å². The molecule has 2 aromatic rings. The minimum atomic E-state index is -0.726. The van der Waals surface area contributed by atoms with Crippen LogP contribution in [0.25, 0.3) is 10.9 Å². The zero-order valence-electron chi connectivity index (χ0n) is 7.93. The highest BCUT2D eigenvalue weighted by Gasteiger charge is 2.07. The van der Waals surface area contributed by atoms with E-state index in [-0.39, 0.29) is 6.61 Å². The molecule has 0 aliphatic heterocycles. The Morgan fingerprint density at radius 2 is 2.13 bits per heavy atom. The summed E-state index contributed by atoms with van der Waals surface area (Å²) in [5, 5.41) is 9.68. The van der Waals surface area contributed by atoms with Crippen molar-refractivity contribution in [3.05, 3.63) is 36.5 Å². The van der Waals surface area contributed by atoms with E-state index in [1.54, 1.807) is 12.3 Å². The van der Waals surface area contributed by atoms with Gasteiger partial charge in [-0.05, 0) is 18.2 Å². The number of aliphatic hydroxyl groups excluding tert-OH is 1. The standard InChI is InChI=1S/C11H10ClNO2/c12-11(7-14)15-10-5-6-13-9-4-2-1-3-8(9)10/h1-6,11,14H,7H2. The molecule has 0 amide bonds. The molecule has 0 bridgehead atoms. The van der Waals surface area contributed by atoms with Gasteiger partial charge in [0.05, 0.1) is 12.1 Å². The van der Waals surface area contributed by atoms with Gasteiger partial charge in [0, 0.05) is 11.6 Å². The minimum absolute atomic E-state index is 0.224. The Balaban J connectivity index is 2.42. The lowest BCUT2D eigenvalue weighted by Crippen LogP contribution is -2.13. The number of halogens is 1. The molecule has 0 saturated carbocycles. The van der Waals surface area contributed by atoms with Crippen LogP contribution in [0.3, 0.4) is 0 Å². The molecule has 0 radical (unpaired) electrons. The average molecular weight is 224 g/mol. The van der Waals surface area contributed by atoms with Crippen LogP contribution in [0.15, 0.2) is 36.5 Å². The van der Waals surface area contributed by atoms with E-state index in [1.165, 1.54) is 0 Å². The van der Waals surface area contributed by atoms with Crippen LogP contribution in [0.5, 0.6) is 5.75 Å². The predicted molar refractivity (Wildman–Crippen MR) is 59.1 cm³/mol. The molecular formula is C11H10ClNO2. The Bertz CT molecular complexity index is 456. The number of alkyl halides is 1. The Hall–Kier alpha value is -1.32. The van der Waals surface area contributed by atoms with Gasteiger partial charge in [0.1, 0.15) is 5.75 Å². The monoisotopic (exact) mass is 223 g/mol. The van der Waals surface area contributed by atoms with Crippen molar-refractivity contribution in [1.82, 2.24) is 4.98 Å². The molecule has 15 heavy (non-hydrogen) atoms. The lowest BCUT2D eigenvalue weighted by Gasteiger charge is -2.11. The maximum atomic E-state index is 8.80. The van der Waals surface area contributed by atoms with E-state index in [4.69, 9.17) is 21.4 Å². The number of benzene rings is 1. The van der Waals surface area contributed by atoms with E-state index in [0.717, 1.165) is 10.9 Å². The van der Waals surface area contributed by atoms with Crippen LogP contribution >= 0.6 is 11.6 Å². The highest BCUT2D eigenvalue weighted by Crippen LogP contribution is 2.24. The third-order valence-electron chi connectivity index (χ3n) is 2.01. The maximum absolute atomic E-state index is 8.80. The second-order valence-electron chi connectivity index (χ2n) is 3.04. The predicted octanol–water partition coefficient (Wildman–Crippen LogP) is 2.17. The van der Waals surface area contributed by atoms with Crippen LogP contribution < -0.4 is 4.74 Å². The summed E-state index contributed by atoms with van der Waals surface area (Å²) in [6.07, 6.45) is 1.65. The summed E-state index contributed by atoms with van der Waals surface area (Å²) in [5.41, 5.74) is 0.118. The van der Waals surface area contributed by atoms with E-state index in [1.807, 2.05) is 24.3 Å². The fourth-order valence-electron chi connectivity index (χ4n) is 1.35. The number of nitrogens with zero attached hydrogens (tertiary/aromatic N) is 1. The number of pyridine rings is 1. The van der Waals surface area contributed by atoms with Gasteiger partial charge in [-0.15, -0.1) is 0 Å². The van der Waals surface area contributed by atoms with Crippen LogP contribution in [0.2, 0.25) is 0 Å². The molecule has 1 N–H and O–H groups in total. The van der Waals surface area contributed by atoms with Crippen molar-refractivity contribution in [3.8, 4) is 5.75 Å². The van der Waals surface area contributed by atoms with Crippen LogP contribution in [0.1, 0.15) is 0 Å². The molecule has 4 heteroatoms. The van der Waals surface area contributed by atoms with Crippen molar-refractivity contribution in [1.29, 1.82) is 0 Å². The van der Waals surface area contributed by atoms with Crippen LogP contribution in [0, 0.1) is 0 Å². The van der Waals surface area contributed by atoms with E-state index in [2.05, 4.69) is 4.98 Å². The topological polar surface area (TPSA) is 42.4 Å². The first-order chi connectivity index (χ1) is 7.31. The van der Waals surface area contributed by atoms with Crippen molar-refractivity contribution in [2.24, 2.45) is 0 Å². The summed E-state index contributed by atoms with van der Waals surface area (Å²) in [4.78, 5) is 4.19. The number of hydrogen-bond acceptors (Lipinski definition) is 3. The number of hydrogen-bond donors (Lipinski definition) is 1. The molecule has 0 aliphatic rings. The summed E-state index contributed by atoms with van der Waals surface area (Å²) in [6, 6.07) is 9.33. The molecule has 78 valence electrons. The summed E-state index contributed by atoms with van der Waals surface area (Å²) in [7, 11) is 0. The van der Waals surface area contributed by atoms with Crippen molar-refractivity contribution in [2.45, 2.75) is 5.56 Å². The van der Waals surface area contributed by atoms with Gasteiger partial charge in [-0.25, -0.2) is 0 Å². The first-order valence-electron chi connectivity index (χ1n) is 4.56. The van der Waals surface area contributed by atoms with Crippen LogP contribution in [-0.4, -0.2) is 22.3 Å². The first-order valence-corrected chi connectivity index (χ1v) is 5.00. The SMILES string of the molecule is OCC(Cl)Oc1ccnc2ccccc12. The second-order valence-corrected chi connectivity index (χ2v) is 3.52. The number of rotatable bonds is 3. The van der Waals surface area contributed by atoms with Gasteiger partial charge in [-0.3, -0.25) is 4.98 Å². The number of ether oxygens (including phenoxy) is 1. The fraction of sp³-hybridized carbons (Fsp3) is 0.182. The molecule has 3 nitrogen and oxygen atoms in total. The van der Waals surface area contributed by atoms with Gasteiger partial charge in [-0.2, -0.15) is 0 Å². The highest BCUT2D eigenvalue weighted by atomic mass is 35.5. The largest absolute Gasteiger partial charge is 0.471 e. The summed E-state index contributed by atoms with van der Waals surface area (Å²) in [6.45, 7) is -0.224. The van der Waals surface area contributed by atoms with Crippen molar-refractivity contribution < 1.29 is 9.84 Å². The molecule has 0 fully saturated rings. The zero-order chi connectivity index (χ0) is 10.7. The van der Waals surface area contributed by atoms with Gasteiger partial charge in [0.2, 0.25) is 0 Å². The molecule has 0 saturated heterocycles. The minimum Gasteiger partial charge on any atom is -0.471 e. The third kappa shape index (κ3) is 2.19. The summed E-state index contributed by atoms with van der Waals surface area (Å²) < 4.78 is 5.35. The zero-order valence-corrected chi connectivity index (χ0v) is 8.69. The van der Waals surface area contributed by atoms with Crippen molar-refractivity contribution in [3.63, 3.8) is 0 Å². The van der Waals surface area contributed by atoms with Gasteiger partial charge in [0.25, 0.3) is 0 Å². The van der Waals surface area contributed by atoms with Gasteiger partial charge >= 0.3 is 0 Å². The summed E-state index contributed by atoms with van der Waals surface area (Å²) in [5.74, 6) is 0.634. The highest BCUT2D eigenvalue weighted by molar-refractivity contribution is 6.20. The van der Waals surface area contributed by atoms with Crippen LogP contribution in [0.4, 0.5) is 0 Å². The molecule has 2 rings (SSSR count). The quantitative estimate of drug-likeness (QED) is 0.811. The molecule has 1 heterocycles. The van der Waals surface area contributed by atoms with Crippen molar-refractivity contribution >= 4 is 22.5 Å². The number of fused-ring (bicyclic) bond motifs is 1. The van der Waals surface area contributed by atoms with Crippen LogP contribution in [-0.2, 0) is 0 Å². The Morgan fingerprint density at radius 1 is 1.33 bits per heavy atom. The van der Waals surface area contributed by atoms with Gasteiger partial charge in [0.15, 0.2) is 5.56 Å². The van der Waals surface area contributed by atoms with Gasteiger partial charge < -0.3 is 9.84 Å². The normalized spacial score (nSPS) is 12.7. The average Bonchev–Trinajstić information content (AvgIpc) is 2.29. The smallest absolute Gasteiger partial charge is 0.195 e. The molecule has 0 spiro atoms. The van der Waals surface area contributed by atoms with E-state index >= 15 is 0 Å². The molecule has 1 aromatic carbocycles. The summed E-state index contributed by atoms with van der Waals surface area (Å²) >= 11 is 5.71. The second kappa shape index (κ2) is 4.47. The molecule has 1 atom stereocenters. The molecule has 0 aliphatic carbocycles. The Labute approximate surface area is 92.3 Å². The Morgan fingerprint density at radius 3 is 2.93 bits per heavy atom. The van der Waals surface area contributed by atoms with E-state index in [0.29, 0.717) is 5.75 Å². The fourth-order valence-corrected chi connectivity index (χ4v) is 1.44. The lowest BCUT2D eigenvalue weighted by molar-refractivity contribution is 0.174.